The summed E-state index contributed by atoms with van der Waals surface area (Å²) < 4.78 is 10.2. The van der Waals surface area contributed by atoms with Crippen molar-refractivity contribution in [1.29, 1.82) is 0 Å². The highest BCUT2D eigenvalue weighted by atomic mass is 16.6. The third-order valence-corrected chi connectivity index (χ3v) is 4.07. The van der Waals surface area contributed by atoms with Gasteiger partial charge in [0, 0.05) is 24.6 Å². The maximum Gasteiger partial charge on any atom is 0.341 e. The van der Waals surface area contributed by atoms with E-state index in [9.17, 15) is 19.7 Å². The van der Waals surface area contributed by atoms with Crippen LogP contribution in [-0.2, 0) is 11.3 Å². The van der Waals surface area contributed by atoms with Crippen LogP contribution in [-0.4, -0.2) is 46.1 Å². The van der Waals surface area contributed by atoms with Gasteiger partial charge in [-0.05, 0) is 19.1 Å². The largest absolute Gasteiger partial charge is 0.465 e. The molecular weight excluding hydrogens is 356 g/mol. The van der Waals surface area contributed by atoms with Crippen LogP contribution in [0.3, 0.4) is 0 Å². The number of nitrogens with zero attached hydrogens (tertiary/aromatic N) is 3. The van der Waals surface area contributed by atoms with Gasteiger partial charge in [0.05, 0.1) is 24.1 Å². The van der Waals surface area contributed by atoms with Crippen LogP contribution >= 0.6 is 0 Å². The van der Waals surface area contributed by atoms with Gasteiger partial charge in [-0.3, -0.25) is 20.0 Å². The number of carbonyl (C=O) groups is 2. The number of nitro benzene ring substituents is 1. The maximum absolute atomic E-state index is 12.7. The molecule has 1 N–H and O–H groups in total. The van der Waals surface area contributed by atoms with Gasteiger partial charge in [0.15, 0.2) is 5.69 Å². The molecule has 3 aromatic rings. The lowest BCUT2D eigenvalue weighted by Crippen LogP contribution is -2.26. The van der Waals surface area contributed by atoms with Crippen molar-refractivity contribution < 1.29 is 23.7 Å². The average molecular weight is 372 g/mol. The molecule has 0 aliphatic rings. The summed E-state index contributed by atoms with van der Waals surface area (Å²) in [6.07, 6.45) is 0. The highest BCUT2D eigenvalue weighted by Crippen LogP contribution is 2.24. The first-order chi connectivity index (χ1) is 12.8. The predicted molar refractivity (Wildman–Crippen MR) is 93.3 cm³/mol. The molecule has 0 unspecified atom stereocenters. The monoisotopic (exact) mass is 372 g/mol. The smallest absolute Gasteiger partial charge is 0.341 e. The van der Waals surface area contributed by atoms with Crippen LogP contribution in [0, 0.1) is 17.0 Å². The number of aromatic nitrogens is 2. The van der Waals surface area contributed by atoms with Gasteiger partial charge in [0.25, 0.3) is 11.6 Å². The number of ether oxygens (including phenoxy) is 1. The van der Waals surface area contributed by atoms with Gasteiger partial charge in [-0.25, -0.2) is 4.79 Å². The van der Waals surface area contributed by atoms with Gasteiger partial charge in [0.2, 0.25) is 0 Å². The molecule has 2 heterocycles. The molecule has 0 bridgehead atoms. The number of rotatable bonds is 5. The highest BCUT2D eigenvalue weighted by molar-refractivity contribution is 6.05. The summed E-state index contributed by atoms with van der Waals surface area (Å²) in [4.78, 5) is 36.2. The van der Waals surface area contributed by atoms with E-state index in [1.165, 1.54) is 43.3 Å². The number of hydrogen-bond acceptors (Lipinski definition) is 7. The molecule has 0 saturated heterocycles. The Balaban J connectivity index is 1.86. The number of furan rings is 1. The van der Waals surface area contributed by atoms with Crippen LogP contribution in [0.2, 0.25) is 0 Å². The second-order valence-electron chi connectivity index (χ2n) is 5.89. The SMILES string of the molecule is COC(=O)c1cc(CN(C)C(=O)c2n[nH]c3ccc([N+](=O)[O-])cc23)oc1C. The number of amides is 1. The van der Waals surface area contributed by atoms with E-state index in [1.54, 1.807) is 6.92 Å². The van der Waals surface area contributed by atoms with Gasteiger partial charge < -0.3 is 14.1 Å². The number of hydrogen-bond donors (Lipinski definition) is 1. The normalized spacial score (nSPS) is 10.8. The van der Waals surface area contributed by atoms with Crippen molar-refractivity contribution in [2.45, 2.75) is 13.5 Å². The molecule has 0 aliphatic heterocycles. The van der Waals surface area contributed by atoms with E-state index in [2.05, 4.69) is 14.9 Å². The summed E-state index contributed by atoms with van der Waals surface area (Å²) in [5, 5.41) is 18.0. The Morgan fingerprint density at radius 3 is 2.78 bits per heavy atom. The molecule has 27 heavy (non-hydrogen) atoms. The van der Waals surface area contributed by atoms with Crippen molar-refractivity contribution >= 4 is 28.5 Å². The minimum Gasteiger partial charge on any atom is -0.465 e. The molecule has 0 radical (unpaired) electrons. The first-order valence-electron chi connectivity index (χ1n) is 7.87. The van der Waals surface area contributed by atoms with Crippen LogP contribution in [0.5, 0.6) is 0 Å². The van der Waals surface area contributed by atoms with Crippen LogP contribution < -0.4 is 0 Å². The Morgan fingerprint density at radius 2 is 2.11 bits per heavy atom. The molecule has 3 rings (SSSR count). The molecule has 0 saturated carbocycles. The third-order valence-electron chi connectivity index (χ3n) is 4.07. The van der Waals surface area contributed by atoms with Crippen LogP contribution in [0.25, 0.3) is 10.9 Å². The summed E-state index contributed by atoms with van der Waals surface area (Å²) in [6, 6.07) is 5.64. The van der Waals surface area contributed by atoms with Crippen molar-refractivity contribution in [3.8, 4) is 0 Å². The zero-order valence-electron chi connectivity index (χ0n) is 14.8. The van der Waals surface area contributed by atoms with E-state index < -0.39 is 16.8 Å². The van der Waals surface area contributed by atoms with E-state index in [0.29, 0.717) is 22.4 Å². The lowest BCUT2D eigenvalue weighted by Gasteiger charge is -2.14. The first-order valence-corrected chi connectivity index (χ1v) is 7.87. The fraction of sp³-hybridized carbons (Fsp3) is 0.235. The molecule has 0 atom stereocenters. The zero-order chi connectivity index (χ0) is 19.7. The molecular formula is C17H16N4O6. The second-order valence-corrected chi connectivity index (χ2v) is 5.89. The summed E-state index contributed by atoms with van der Waals surface area (Å²) >= 11 is 0. The number of benzene rings is 1. The summed E-state index contributed by atoms with van der Waals surface area (Å²) in [6.45, 7) is 1.71. The van der Waals surface area contributed by atoms with Crippen molar-refractivity contribution in [2.24, 2.45) is 0 Å². The number of esters is 1. The van der Waals surface area contributed by atoms with Crippen molar-refractivity contribution in [3.63, 3.8) is 0 Å². The van der Waals surface area contributed by atoms with Crippen LogP contribution in [0.1, 0.15) is 32.4 Å². The number of aromatic amines is 1. The van der Waals surface area contributed by atoms with Gasteiger partial charge in [0.1, 0.15) is 17.1 Å². The summed E-state index contributed by atoms with van der Waals surface area (Å²) in [5.74, 6) is -0.189. The number of carbonyl (C=O) groups excluding carboxylic acids is 2. The number of fused-ring (bicyclic) bond motifs is 1. The lowest BCUT2D eigenvalue weighted by atomic mass is 10.1. The Kier molecular flexibility index (Phi) is 4.63. The fourth-order valence-electron chi connectivity index (χ4n) is 2.70. The van der Waals surface area contributed by atoms with Crippen molar-refractivity contribution in [2.75, 3.05) is 14.2 Å². The fourth-order valence-corrected chi connectivity index (χ4v) is 2.70. The minimum absolute atomic E-state index is 0.0627. The quantitative estimate of drug-likeness (QED) is 0.413. The average Bonchev–Trinajstić information content (AvgIpc) is 3.22. The van der Waals surface area contributed by atoms with Gasteiger partial charge >= 0.3 is 5.97 Å². The molecule has 0 spiro atoms. The molecule has 10 nitrogen and oxygen atoms in total. The number of nitro groups is 1. The molecule has 0 fully saturated rings. The molecule has 10 heteroatoms. The van der Waals surface area contributed by atoms with E-state index in [0.717, 1.165) is 0 Å². The molecule has 2 aromatic heterocycles. The molecule has 1 aromatic carbocycles. The molecule has 0 aliphatic carbocycles. The van der Waals surface area contributed by atoms with Crippen LogP contribution in [0.15, 0.2) is 28.7 Å². The Hall–Kier alpha value is -3.69. The Labute approximate surface area is 152 Å². The van der Waals surface area contributed by atoms with E-state index in [1.807, 2.05) is 0 Å². The van der Waals surface area contributed by atoms with E-state index >= 15 is 0 Å². The zero-order valence-corrected chi connectivity index (χ0v) is 14.8. The number of H-pyrrole nitrogens is 1. The topological polar surface area (TPSA) is 132 Å². The number of aryl methyl sites for hydroxylation is 1. The minimum atomic E-state index is -0.537. The van der Waals surface area contributed by atoms with Crippen LogP contribution in [0.4, 0.5) is 5.69 Å². The highest BCUT2D eigenvalue weighted by Gasteiger charge is 2.22. The second kappa shape index (κ2) is 6.90. The van der Waals surface area contributed by atoms with Gasteiger partial charge in [-0.2, -0.15) is 5.10 Å². The van der Waals surface area contributed by atoms with Crippen molar-refractivity contribution in [1.82, 2.24) is 15.1 Å². The lowest BCUT2D eigenvalue weighted by molar-refractivity contribution is -0.384. The third kappa shape index (κ3) is 3.36. The number of nitrogens with one attached hydrogen (secondary N) is 1. The molecule has 1 amide bonds. The van der Waals surface area contributed by atoms with Gasteiger partial charge in [-0.1, -0.05) is 0 Å². The summed E-state index contributed by atoms with van der Waals surface area (Å²) in [5.41, 5.74) is 0.728. The number of non-ortho nitro benzene ring substituents is 1. The maximum atomic E-state index is 12.7. The van der Waals surface area contributed by atoms with Crippen molar-refractivity contribution in [3.05, 3.63) is 57.2 Å². The van der Waals surface area contributed by atoms with Gasteiger partial charge in [-0.15, -0.1) is 0 Å². The number of methoxy groups -OCH3 is 1. The molecule has 140 valence electrons. The standard InChI is InChI=1S/C17H16N4O6/c1-9-12(17(23)26-3)7-11(27-9)8-20(2)16(22)15-13-6-10(21(24)25)4-5-14(13)18-19-15/h4-7H,8H2,1-3H3,(H,18,19). The summed E-state index contributed by atoms with van der Waals surface area (Å²) in [7, 11) is 2.81. The first kappa shape index (κ1) is 18.1. The van der Waals surface area contributed by atoms with E-state index in [-0.39, 0.29) is 23.5 Å². The van der Waals surface area contributed by atoms with E-state index in [4.69, 9.17) is 4.42 Å². The Morgan fingerprint density at radius 1 is 1.37 bits per heavy atom. The Bertz CT molecular complexity index is 1050. The predicted octanol–water partition coefficient (Wildman–Crippen LogP) is 2.43.